The number of carbonyl (C=O) groups is 1. The molecule has 0 radical (unpaired) electrons. The maximum atomic E-state index is 12.4. The minimum absolute atomic E-state index is 0. The molecule has 0 aliphatic rings. The lowest BCUT2D eigenvalue weighted by molar-refractivity contribution is 0.0951. The molecule has 5 nitrogen and oxygen atoms in total. The van der Waals surface area contributed by atoms with Gasteiger partial charge in [-0.2, -0.15) is 0 Å². The summed E-state index contributed by atoms with van der Waals surface area (Å²) in [5.74, 6) is 1.54. The van der Waals surface area contributed by atoms with E-state index in [1.165, 1.54) is 0 Å². The van der Waals surface area contributed by atoms with E-state index in [1.807, 2.05) is 38.1 Å². The largest absolute Gasteiger partial charge is 0.361 e. The predicted octanol–water partition coefficient (Wildman–Crippen LogP) is 3.73. The van der Waals surface area contributed by atoms with E-state index in [0.29, 0.717) is 12.1 Å². The summed E-state index contributed by atoms with van der Waals surface area (Å²) in [6.07, 6.45) is 1.09. The zero-order valence-electron chi connectivity index (χ0n) is 14.9. The van der Waals surface area contributed by atoms with E-state index in [1.54, 1.807) is 11.8 Å². The van der Waals surface area contributed by atoms with Gasteiger partial charge in [-0.05, 0) is 38.9 Å². The molecule has 0 saturated carbocycles. The fourth-order valence-corrected chi connectivity index (χ4v) is 3.50. The highest BCUT2D eigenvalue weighted by atomic mass is 35.5. The van der Waals surface area contributed by atoms with Gasteiger partial charge in [0.25, 0.3) is 5.91 Å². The lowest BCUT2D eigenvalue weighted by atomic mass is 10.2. The van der Waals surface area contributed by atoms with Crippen molar-refractivity contribution in [2.45, 2.75) is 37.8 Å². The van der Waals surface area contributed by atoms with Gasteiger partial charge in [0, 0.05) is 29.3 Å². The molecule has 0 bridgehead atoms. The number of aryl methyl sites for hydroxylation is 2. The Kier molecular flexibility index (Phi) is 9.63. The summed E-state index contributed by atoms with van der Waals surface area (Å²) in [7, 11) is 0. The Balaban J connectivity index is 0.00000312. The van der Waals surface area contributed by atoms with Crippen LogP contribution in [0.5, 0.6) is 0 Å². The Hall–Kier alpha value is -1.50. The number of aromatic nitrogens is 1. The van der Waals surface area contributed by atoms with Gasteiger partial charge in [-0.25, -0.2) is 0 Å². The number of benzene rings is 1. The minimum atomic E-state index is -0.0323. The predicted molar refractivity (Wildman–Crippen MR) is 105 cm³/mol. The third-order valence-electron chi connectivity index (χ3n) is 3.70. The van der Waals surface area contributed by atoms with Gasteiger partial charge in [0.2, 0.25) is 0 Å². The zero-order valence-corrected chi connectivity index (χ0v) is 16.6. The second-order valence-corrected chi connectivity index (χ2v) is 6.61. The molecular formula is C18H26ClN3O2S. The Morgan fingerprint density at radius 1 is 1.20 bits per heavy atom. The Bertz CT molecular complexity index is 657. The highest BCUT2D eigenvalue weighted by molar-refractivity contribution is 7.98. The molecule has 2 N–H and O–H groups in total. The average molecular weight is 384 g/mol. The Morgan fingerprint density at radius 2 is 1.96 bits per heavy atom. The molecule has 1 heterocycles. The van der Waals surface area contributed by atoms with Crippen molar-refractivity contribution in [3.63, 3.8) is 0 Å². The van der Waals surface area contributed by atoms with Crippen LogP contribution in [0.4, 0.5) is 0 Å². The van der Waals surface area contributed by atoms with Crippen LogP contribution in [-0.2, 0) is 5.75 Å². The number of hydrogen-bond acceptors (Lipinski definition) is 5. The van der Waals surface area contributed by atoms with Crippen LogP contribution in [-0.4, -0.2) is 30.7 Å². The van der Waals surface area contributed by atoms with E-state index >= 15 is 0 Å². The van der Waals surface area contributed by atoms with Gasteiger partial charge in [0.15, 0.2) is 0 Å². The van der Waals surface area contributed by atoms with Gasteiger partial charge in [-0.1, -0.05) is 24.2 Å². The highest BCUT2D eigenvalue weighted by Crippen LogP contribution is 2.28. The molecule has 0 spiro atoms. The Labute approximate surface area is 159 Å². The van der Waals surface area contributed by atoms with Crippen molar-refractivity contribution in [3.05, 3.63) is 46.8 Å². The van der Waals surface area contributed by atoms with Crippen LogP contribution in [0.3, 0.4) is 0 Å². The van der Waals surface area contributed by atoms with Crippen LogP contribution in [0.1, 0.15) is 40.7 Å². The SMILES string of the molecule is CCCNCCNC(=O)c1ccccc1SCc1c(C)noc1C.Cl. The molecular weight excluding hydrogens is 358 g/mol. The van der Waals surface area contributed by atoms with E-state index in [0.717, 1.165) is 47.2 Å². The maximum Gasteiger partial charge on any atom is 0.252 e. The van der Waals surface area contributed by atoms with Crippen molar-refractivity contribution in [3.8, 4) is 0 Å². The summed E-state index contributed by atoms with van der Waals surface area (Å²) < 4.78 is 5.20. The van der Waals surface area contributed by atoms with Crippen molar-refractivity contribution in [1.82, 2.24) is 15.8 Å². The molecule has 138 valence electrons. The summed E-state index contributed by atoms with van der Waals surface area (Å²) in [6, 6.07) is 7.69. The fourth-order valence-electron chi connectivity index (χ4n) is 2.30. The van der Waals surface area contributed by atoms with Crippen LogP contribution in [0.2, 0.25) is 0 Å². The standard InChI is InChI=1S/C18H25N3O2S.ClH/c1-4-9-19-10-11-20-18(22)15-7-5-6-8-17(15)24-12-16-13(2)21-23-14(16)3;/h5-8,19H,4,9-12H2,1-3H3,(H,20,22);1H. The summed E-state index contributed by atoms with van der Waals surface area (Å²) in [4.78, 5) is 13.4. The smallest absolute Gasteiger partial charge is 0.252 e. The normalized spacial score (nSPS) is 10.4. The zero-order chi connectivity index (χ0) is 17.4. The van der Waals surface area contributed by atoms with E-state index in [9.17, 15) is 4.79 Å². The number of nitrogens with one attached hydrogen (secondary N) is 2. The first kappa shape index (κ1) is 21.5. The number of carbonyl (C=O) groups excluding carboxylic acids is 1. The summed E-state index contributed by atoms with van der Waals surface area (Å²) in [5.41, 5.74) is 2.72. The molecule has 7 heteroatoms. The van der Waals surface area contributed by atoms with E-state index in [2.05, 4.69) is 22.7 Å². The first-order valence-electron chi connectivity index (χ1n) is 8.26. The quantitative estimate of drug-likeness (QED) is 0.510. The molecule has 2 aromatic rings. The van der Waals surface area contributed by atoms with E-state index in [4.69, 9.17) is 4.52 Å². The summed E-state index contributed by atoms with van der Waals surface area (Å²) in [5, 5.41) is 10.2. The topological polar surface area (TPSA) is 67.2 Å². The van der Waals surface area contributed by atoms with Crippen molar-refractivity contribution >= 4 is 30.1 Å². The van der Waals surface area contributed by atoms with Crippen LogP contribution in [0, 0.1) is 13.8 Å². The van der Waals surface area contributed by atoms with E-state index in [-0.39, 0.29) is 18.3 Å². The molecule has 2 rings (SSSR count). The van der Waals surface area contributed by atoms with Crippen molar-refractivity contribution in [2.75, 3.05) is 19.6 Å². The van der Waals surface area contributed by atoms with E-state index < -0.39 is 0 Å². The molecule has 0 aliphatic carbocycles. The maximum absolute atomic E-state index is 12.4. The lowest BCUT2D eigenvalue weighted by Crippen LogP contribution is -2.32. The van der Waals surface area contributed by atoms with Crippen LogP contribution in [0.15, 0.2) is 33.7 Å². The average Bonchev–Trinajstić information content (AvgIpc) is 2.91. The van der Waals surface area contributed by atoms with Crippen LogP contribution in [0.25, 0.3) is 0 Å². The van der Waals surface area contributed by atoms with Gasteiger partial charge < -0.3 is 15.2 Å². The first-order valence-corrected chi connectivity index (χ1v) is 9.24. The third-order valence-corrected chi connectivity index (χ3v) is 4.80. The van der Waals surface area contributed by atoms with Gasteiger partial charge in [-0.3, -0.25) is 4.79 Å². The van der Waals surface area contributed by atoms with Crippen molar-refractivity contribution in [1.29, 1.82) is 0 Å². The molecule has 1 aromatic heterocycles. The third kappa shape index (κ3) is 6.38. The molecule has 0 atom stereocenters. The van der Waals surface area contributed by atoms with Gasteiger partial charge in [0.05, 0.1) is 11.3 Å². The monoisotopic (exact) mass is 383 g/mol. The number of halogens is 1. The lowest BCUT2D eigenvalue weighted by Gasteiger charge is -2.10. The van der Waals surface area contributed by atoms with Gasteiger partial charge in [-0.15, -0.1) is 24.2 Å². The fraction of sp³-hybridized carbons (Fsp3) is 0.444. The second kappa shape index (κ2) is 11.2. The number of amides is 1. The number of nitrogens with zero attached hydrogens (tertiary/aromatic N) is 1. The second-order valence-electron chi connectivity index (χ2n) is 5.59. The highest BCUT2D eigenvalue weighted by Gasteiger charge is 2.14. The molecule has 1 aromatic carbocycles. The first-order chi connectivity index (χ1) is 11.6. The molecule has 0 fully saturated rings. The van der Waals surface area contributed by atoms with Crippen LogP contribution < -0.4 is 10.6 Å². The van der Waals surface area contributed by atoms with Crippen molar-refractivity contribution < 1.29 is 9.32 Å². The Morgan fingerprint density at radius 3 is 2.64 bits per heavy atom. The number of rotatable bonds is 9. The molecule has 0 unspecified atom stereocenters. The molecule has 0 saturated heterocycles. The van der Waals surface area contributed by atoms with Crippen molar-refractivity contribution in [2.24, 2.45) is 0 Å². The van der Waals surface area contributed by atoms with Gasteiger partial charge in [0.1, 0.15) is 5.76 Å². The van der Waals surface area contributed by atoms with Crippen LogP contribution >= 0.6 is 24.2 Å². The molecule has 1 amide bonds. The van der Waals surface area contributed by atoms with Gasteiger partial charge >= 0.3 is 0 Å². The molecule has 25 heavy (non-hydrogen) atoms. The molecule has 0 aliphatic heterocycles. The number of thioether (sulfide) groups is 1. The minimum Gasteiger partial charge on any atom is -0.361 e. The number of hydrogen-bond donors (Lipinski definition) is 2. The summed E-state index contributed by atoms with van der Waals surface area (Å²) >= 11 is 1.63. The summed E-state index contributed by atoms with van der Waals surface area (Å²) in [6.45, 7) is 8.36.